The van der Waals surface area contributed by atoms with Crippen LogP contribution in [0.25, 0.3) is 5.65 Å². The summed E-state index contributed by atoms with van der Waals surface area (Å²) < 4.78 is 46.7. The number of aromatic nitrogens is 3. The largest absolute Gasteiger partial charge is 0.469 e. The van der Waals surface area contributed by atoms with Crippen molar-refractivity contribution in [2.45, 2.75) is 32.7 Å². The van der Waals surface area contributed by atoms with Gasteiger partial charge in [-0.25, -0.2) is 22.7 Å². The average molecular weight is 515 g/mol. The molecule has 0 bridgehead atoms. The first-order valence-corrected chi connectivity index (χ1v) is 11.4. The number of hydrogen-bond donors (Lipinski definition) is 2. The molecule has 0 radical (unpaired) electrons. The molecular weight excluding hydrogens is 491 g/mol. The summed E-state index contributed by atoms with van der Waals surface area (Å²) in [4.78, 5) is 41.6. The van der Waals surface area contributed by atoms with Gasteiger partial charge in [0.1, 0.15) is 11.4 Å². The average Bonchev–Trinajstić information content (AvgIpc) is 3.28. The molecule has 0 aliphatic heterocycles. The molecule has 37 heavy (non-hydrogen) atoms. The van der Waals surface area contributed by atoms with Gasteiger partial charge in [-0.15, -0.1) is 0 Å². The summed E-state index contributed by atoms with van der Waals surface area (Å²) in [6.45, 7) is 1.86. The molecule has 194 valence electrons. The van der Waals surface area contributed by atoms with Gasteiger partial charge in [0.2, 0.25) is 0 Å². The maximum absolute atomic E-state index is 14.3. The van der Waals surface area contributed by atoms with Gasteiger partial charge in [-0.3, -0.25) is 14.4 Å². The van der Waals surface area contributed by atoms with Crippen LogP contribution >= 0.6 is 0 Å². The van der Waals surface area contributed by atoms with E-state index < -0.39 is 34.7 Å². The summed E-state index contributed by atoms with van der Waals surface area (Å²) >= 11 is 0. The Morgan fingerprint density at radius 1 is 1.05 bits per heavy atom. The monoisotopic (exact) mass is 515 g/mol. The molecule has 2 amide bonds. The highest BCUT2D eigenvalue weighted by atomic mass is 19.2. The van der Waals surface area contributed by atoms with Crippen LogP contribution in [0.3, 0.4) is 0 Å². The summed E-state index contributed by atoms with van der Waals surface area (Å²) in [5.41, 5.74) is -0.111. The van der Waals surface area contributed by atoms with Gasteiger partial charge in [0.25, 0.3) is 11.8 Å². The Balaban J connectivity index is 1.49. The predicted molar refractivity (Wildman–Crippen MR) is 125 cm³/mol. The van der Waals surface area contributed by atoms with Crippen molar-refractivity contribution in [2.75, 3.05) is 13.7 Å². The molecule has 3 aromatic rings. The van der Waals surface area contributed by atoms with E-state index in [1.165, 1.54) is 19.2 Å². The van der Waals surface area contributed by atoms with Crippen molar-refractivity contribution in [3.05, 3.63) is 76.5 Å². The van der Waals surface area contributed by atoms with Gasteiger partial charge in [-0.2, -0.15) is 5.10 Å². The predicted octanol–water partition coefficient (Wildman–Crippen LogP) is 3.10. The van der Waals surface area contributed by atoms with Gasteiger partial charge < -0.3 is 15.4 Å². The molecule has 0 saturated heterocycles. The molecule has 1 aliphatic carbocycles. The first-order chi connectivity index (χ1) is 17.6. The zero-order valence-electron chi connectivity index (χ0n) is 20.1. The minimum absolute atomic E-state index is 0.123. The second-order valence-electron chi connectivity index (χ2n) is 8.99. The molecule has 9 nitrogen and oxygen atoms in total. The van der Waals surface area contributed by atoms with Crippen LogP contribution in [-0.2, 0) is 16.1 Å². The van der Waals surface area contributed by atoms with Crippen LogP contribution in [0.4, 0.5) is 13.2 Å². The Labute approximate surface area is 209 Å². The zero-order chi connectivity index (χ0) is 26.7. The van der Waals surface area contributed by atoms with E-state index in [1.54, 1.807) is 0 Å². The molecule has 0 fully saturated rings. The second-order valence-corrected chi connectivity index (χ2v) is 8.99. The summed E-state index contributed by atoms with van der Waals surface area (Å²) in [7, 11) is 1.34. The molecule has 1 unspecified atom stereocenters. The highest BCUT2D eigenvalue weighted by Gasteiger charge is 2.35. The van der Waals surface area contributed by atoms with Crippen molar-refractivity contribution in [1.82, 2.24) is 25.2 Å². The third-order valence-corrected chi connectivity index (χ3v) is 6.32. The Morgan fingerprint density at radius 3 is 2.49 bits per heavy atom. The maximum atomic E-state index is 14.3. The fraction of sp³-hybridized carbons (Fsp3) is 0.320. The number of nitrogens with zero attached hydrogens (tertiary/aromatic N) is 3. The summed E-state index contributed by atoms with van der Waals surface area (Å²) in [6, 6.07) is 4.34. The number of fused-ring (bicyclic) bond motifs is 1. The summed E-state index contributed by atoms with van der Waals surface area (Å²) in [6.07, 6.45) is 4.36. The van der Waals surface area contributed by atoms with E-state index in [2.05, 4.69) is 20.7 Å². The molecule has 1 atom stereocenters. The van der Waals surface area contributed by atoms with Crippen molar-refractivity contribution >= 4 is 23.4 Å². The first-order valence-electron chi connectivity index (χ1n) is 11.4. The topological polar surface area (TPSA) is 115 Å². The fourth-order valence-corrected chi connectivity index (χ4v) is 4.02. The van der Waals surface area contributed by atoms with E-state index in [-0.39, 0.29) is 36.1 Å². The number of carbonyl (C=O) groups is 3. The van der Waals surface area contributed by atoms with Gasteiger partial charge in [-0.05, 0) is 43.9 Å². The first kappa shape index (κ1) is 25.9. The SMILES string of the molecule is COC(=O)C1(C)CC=C(CNC(=O)c2cc(C(=O)NCc3ccc(F)c(F)c3)nc3c(F)cnn23)CC1. The van der Waals surface area contributed by atoms with Crippen molar-refractivity contribution in [1.29, 1.82) is 0 Å². The lowest BCUT2D eigenvalue weighted by Crippen LogP contribution is -2.33. The second kappa shape index (κ2) is 10.4. The van der Waals surface area contributed by atoms with Crippen LogP contribution in [0.2, 0.25) is 0 Å². The number of halogens is 3. The molecule has 2 heterocycles. The van der Waals surface area contributed by atoms with E-state index in [0.717, 1.165) is 28.4 Å². The lowest BCUT2D eigenvalue weighted by Gasteiger charge is -2.30. The lowest BCUT2D eigenvalue weighted by atomic mass is 9.76. The highest BCUT2D eigenvalue weighted by Crippen LogP contribution is 2.35. The van der Waals surface area contributed by atoms with E-state index in [1.807, 2.05) is 13.0 Å². The smallest absolute Gasteiger partial charge is 0.311 e. The number of methoxy groups -OCH3 is 1. The molecule has 12 heteroatoms. The van der Waals surface area contributed by atoms with Crippen molar-refractivity contribution in [3.63, 3.8) is 0 Å². The van der Waals surface area contributed by atoms with Crippen LogP contribution in [0.15, 0.2) is 42.1 Å². The molecule has 0 saturated carbocycles. The normalized spacial score (nSPS) is 17.3. The highest BCUT2D eigenvalue weighted by molar-refractivity contribution is 5.98. The maximum Gasteiger partial charge on any atom is 0.311 e. The van der Waals surface area contributed by atoms with E-state index >= 15 is 0 Å². The Hall–Kier alpha value is -4.22. The Kier molecular flexibility index (Phi) is 7.28. The standard InChI is InChI=1S/C25H24F3N5O4/c1-25(24(36)37-2)7-5-14(6-8-25)11-30-23(35)20-10-19(32-21-18(28)13-31-33(20)21)22(34)29-12-15-3-4-16(26)17(27)9-15/h3-5,9-10,13H,6-8,11-12H2,1-2H3,(H,29,34)(H,30,35). The third kappa shape index (κ3) is 5.47. The zero-order valence-corrected chi connectivity index (χ0v) is 20.1. The number of ether oxygens (including phenoxy) is 1. The number of carbonyl (C=O) groups excluding carboxylic acids is 3. The quantitative estimate of drug-likeness (QED) is 0.369. The van der Waals surface area contributed by atoms with Gasteiger partial charge in [-0.1, -0.05) is 17.7 Å². The third-order valence-electron chi connectivity index (χ3n) is 6.32. The lowest BCUT2D eigenvalue weighted by molar-refractivity contribution is -0.152. The summed E-state index contributed by atoms with van der Waals surface area (Å²) in [5.74, 6) is -4.57. The minimum atomic E-state index is -1.06. The van der Waals surface area contributed by atoms with Crippen LogP contribution in [0, 0.1) is 22.9 Å². The summed E-state index contributed by atoms with van der Waals surface area (Å²) in [5, 5.41) is 9.06. The number of rotatable bonds is 7. The molecular formula is C25H24F3N5O4. The fourth-order valence-electron chi connectivity index (χ4n) is 4.02. The number of nitrogens with one attached hydrogen (secondary N) is 2. The number of allylic oxidation sites excluding steroid dienone is 1. The van der Waals surface area contributed by atoms with Gasteiger partial charge in [0, 0.05) is 19.2 Å². The molecule has 1 aromatic carbocycles. The molecule has 2 aromatic heterocycles. The molecule has 2 N–H and O–H groups in total. The van der Waals surface area contributed by atoms with Crippen molar-refractivity contribution < 1.29 is 32.3 Å². The number of amides is 2. The Bertz CT molecular complexity index is 1420. The molecule has 0 spiro atoms. The Morgan fingerprint density at radius 2 is 1.81 bits per heavy atom. The minimum Gasteiger partial charge on any atom is -0.469 e. The van der Waals surface area contributed by atoms with E-state index in [9.17, 15) is 27.6 Å². The van der Waals surface area contributed by atoms with Gasteiger partial charge in [0.05, 0.1) is 18.7 Å². The van der Waals surface area contributed by atoms with Gasteiger partial charge >= 0.3 is 5.97 Å². The van der Waals surface area contributed by atoms with Crippen LogP contribution in [-0.4, -0.2) is 46.0 Å². The van der Waals surface area contributed by atoms with Crippen molar-refractivity contribution in [2.24, 2.45) is 5.41 Å². The number of esters is 1. The van der Waals surface area contributed by atoms with E-state index in [0.29, 0.717) is 24.8 Å². The van der Waals surface area contributed by atoms with Crippen LogP contribution in [0.5, 0.6) is 0 Å². The van der Waals surface area contributed by atoms with Crippen LogP contribution < -0.4 is 10.6 Å². The van der Waals surface area contributed by atoms with Gasteiger partial charge in [0.15, 0.2) is 23.1 Å². The van der Waals surface area contributed by atoms with Crippen molar-refractivity contribution in [3.8, 4) is 0 Å². The number of benzene rings is 1. The molecule has 1 aliphatic rings. The van der Waals surface area contributed by atoms with E-state index in [4.69, 9.17) is 4.74 Å². The van der Waals surface area contributed by atoms with Crippen LogP contribution in [0.1, 0.15) is 52.7 Å². The molecule has 4 rings (SSSR count). The number of hydrogen-bond acceptors (Lipinski definition) is 6.